The molecule has 1 aliphatic heterocycles. The van der Waals surface area contributed by atoms with E-state index < -0.39 is 11.4 Å². The van der Waals surface area contributed by atoms with Crippen LogP contribution in [0.4, 0.5) is 4.39 Å². The van der Waals surface area contributed by atoms with Crippen LogP contribution in [0, 0.1) is 5.82 Å². The molecule has 6 heteroatoms. The highest BCUT2D eigenvalue weighted by atomic mass is 19.1. The highest BCUT2D eigenvalue weighted by Crippen LogP contribution is 2.21. The molecule has 0 radical (unpaired) electrons. The fourth-order valence-corrected chi connectivity index (χ4v) is 2.17. The lowest BCUT2D eigenvalue weighted by Crippen LogP contribution is -2.47. The van der Waals surface area contributed by atoms with Crippen molar-refractivity contribution in [2.75, 3.05) is 26.8 Å². The number of likely N-dealkylation sites (N-methyl/N-ethyl adjacent to an activating group) is 1. The first-order chi connectivity index (χ1) is 9.00. The van der Waals surface area contributed by atoms with Gasteiger partial charge in [-0.15, -0.1) is 0 Å². The molecule has 0 bridgehead atoms. The second-order valence-corrected chi connectivity index (χ2v) is 4.89. The molecule has 104 valence electrons. The van der Waals surface area contributed by atoms with Gasteiger partial charge in [-0.05, 0) is 6.07 Å². The Bertz CT molecular complexity index is 461. The summed E-state index contributed by atoms with van der Waals surface area (Å²) in [5, 5.41) is 10.3. The van der Waals surface area contributed by atoms with E-state index in [1.54, 1.807) is 7.05 Å². The molecular weight excluding hydrogens is 251 g/mol. The molecule has 0 aromatic carbocycles. The highest BCUT2D eigenvalue weighted by Gasteiger charge is 2.32. The summed E-state index contributed by atoms with van der Waals surface area (Å²) in [6, 6.07) is 1.14. The van der Waals surface area contributed by atoms with E-state index in [9.17, 15) is 14.3 Å². The smallest absolute Gasteiger partial charge is 0.255 e. The Labute approximate surface area is 111 Å². The maximum Gasteiger partial charge on any atom is 0.255 e. The summed E-state index contributed by atoms with van der Waals surface area (Å²) in [6.07, 6.45) is 3.34. The van der Waals surface area contributed by atoms with E-state index in [0.29, 0.717) is 26.1 Å². The minimum absolute atomic E-state index is 0.179. The fourth-order valence-electron chi connectivity index (χ4n) is 2.17. The average molecular weight is 268 g/mol. The van der Waals surface area contributed by atoms with Gasteiger partial charge in [0, 0.05) is 45.8 Å². The largest absolute Gasteiger partial charge is 0.388 e. The molecule has 2 heterocycles. The number of hydrogen-bond acceptors (Lipinski definition) is 4. The van der Waals surface area contributed by atoms with Crippen molar-refractivity contribution in [2.24, 2.45) is 0 Å². The lowest BCUT2D eigenvalue weighted by Gasteiger charge is -2.35. The number of rotatable bonds is 3. The van der Waals surface area contributed by atoms with Crippen molar-refractivity contribution < 1.29 is 19.0 Å². The molecule has 1 saturated heterocycles. The summed E-state index contributed by atoms with van der Waals surface area (Å²) in [6.45, 7) is 1.17. The standard InChI is InChI=1S/C13H17FN2O3/c1-16(9-13(18)2-4-19-5-3-13)12(17)10-6-11(14)8-15-7-10/h6-8,18H,2-5,9H2,1H3. The van der Waals surface area contributed by atoms with Crippen molar-refractivity contribution in [2.45, 2.75) is 18.4 Å². The molecule has 1 fully saturated rings. The maximum atomic E-state index is 13.0. The molecule has 5 nitrogen and oxygen atoms in total. The van der Waals surface area contributed by atoms with Gasteiger partial charge >= 0.3 is 0 Å². The summed E-state index contributed by atoms with van der Waals surface area (Å²) < 4.78 is 18.2. The maximum absolute atomic E-state index is 13.0. The summed E-state index contributed by atoms with van der Waals surface area (Å²) in [7, 11) is 1.58. The SMILES string of the molecule is CN(CC1(O)CCOCC1)C(=O)c1cncc(F)c1. The van der Waals surface area contributed by atoms with Crippen LogP contribution in [0.3, 0.4) is 0 Å². The first kappa shape index (κ1) is 13.9. The van der Waals surface area contributed by atoms with Gasteiger partial charge in [-0.2, -0.15) is 0 Å². The Balaban J connectivity index is 2.03. The number of ether oxygens (including phenoxy) is 1. The van der Waals surface area contributed by atoms with Crippen LogP contribution in [0.15, 0.2) is 18.5 Å². The van der Waals surface area contributed by atoms with E-state index >= 15 is 0 Å². The van der Waals surface area contributed by atoms with Gasteiger partial charge in [-0.1, -0.05) is 0 Å². The molecule has 0 aliphatic carbocycles. The van der Waals surface area contributed by atoms with Crippen molar-refractivity contribution in [3.05, 3.63) is 29.8 Å². The van der Waals surface area contributed by atoms with E-state index in [4.69, 9.17) is 4.74 Å². The van der Waals surface area contributed by atoms with E-state index in [1.165, 1.54) is 11.1 Å². The van der Waals surface area contributed by atoms with Crippen LogP contribution in [-0.2, 0) is 4.74 Å². The van der Waals surface area contributed by atoms with Crippen molar-refractivity contribution in [3.8, 4) is 0 Å². The number of aliphatic hydroxyl groups is 1. The van der Waals surface area contributed by atoms with Crippen LogP contribution in [0.1, 0.15) is 23.2 Å². The monoisotopic (exact) mass is 268 g/mol. The summed E-state index contributed by atoms with van der Waals surface area (Å²) in [5.74, 6) is -0.907. The first-order valence-corrected chi connectivity index (χ1v) is 6.16. The zero-order valence-corrected chi connectivity index (χ0v) is 10.8. The van der Waals surface area contributed by atoms with Gasteiger partial charge in [-0.25, -0.2) is 4.39 Å². The molecule has 1 N–H and O–H groups in total. The van der Waals surface area contributed by atoms with Crippen molar-refractivity contribution in [3.63, 3.8) is 0 Å². The summed E-state index contributed by atoms with van der Waals surface area (Å²) in [4.78, 5) is 17.1. The third-order valence-corrected chi connectivity index (χ3v) is 3.25. The van der Waals surface area contributed by atoms with Gasteiger partial charge in [0.25, 0.3) is 5.91 Å². The molecule has 1 aliphatic rings. The van der Waals surface area contributed by atoms with Crippen LogP contribution in [0.25, 0.3) is 0 Å². The minimum Gasteiger partial charge on any atom is -0.388 e. The highest BCUT2D eigenvalue weighted by molar-refractivity contribution is 5.93. The van der Waals surface area contributed by atoms with Crippen molar-refractivity contribution in [1.29, 1.82) is 0 Å². The molecule has 2 rings (SSSR count). The predicted molar refractivity (Wildman–Crippen MR) is 66.2 cm³/mol. The lowest BCUT2D eigenvalue weighted by molar-refractivity contribution is -0.0734. The molecule has 0 atom stereocenters. The third kappa shape index (κ3) is 3.48. The zero-order chi connectivity index (χ0) is 13.9. The lowest BCUT2D eigenvalue weighted by atomic mass is 9.94. The first-order valence-electron chi connectivity index (χ1n) is 6.16. The van der Waals surface area contributed by atoms with Crippen LogP contribution in [-0.4, -0.2) is 53.3 Å². The van der Waals surface area contributed by atoms with Gasteiger partial charge in [0.2, 0.25) is 0 Å². The number of aromatic nitrogens is 1. The predicted octanol–water partition coefficient (Wildman–Crippen LogP) is 0.834. The van der Waals surface area contributed by atoms with Crippen LogP contribution < -0.4 is 0 Å². The van der Waals surface area contributed by atoms with Crippen LogP contribution in [0.5, 0.6) is 0 Å². The van der Waals surface area contributed by atoms with Crippen LogP contribution >= 0.6 is 0 Å². The molecule has 1 aromatic heterocycles. The Morgan fingerprint density at radius 3 is 2.84 bits per heavy atom. The Morgan fingerprint density at radius 2 is 2.21 bits per heavy atom. The molecule has 19 heavy (non-hydrogen) atoms. The molecule has 1 aromatic rings. The Hall–Kier alpha value is -1.53. The Kier molecular flexibility index (Phi) is 4.11. The third-order valence-electron chi connectivity index (χ3n) is 3.25. The van der Waals surface area contributed by atoms with Crippen molar-refractivity contribution >= 4 is 5.91 Å². The molecular formula is C13H17FN2O3. The minimum atomic E-state index is -0.927. The average Bonchev–Trinajstić information content (AvgIpc) is 2.38. The van der Waals surface area contributed by atoms with Gasteiger partial charge in [0.15, 0.2) is 0 Å². The van der Waals surface area contributed by atoms with Gasteiger partial charge in [0.05, 0.1) is 17.4 Å². The number of halogens is 1. The molecule has 1 amide bonds. The molecule has 0 saturated carbocycles. The van der Waals surface area contributed by atoms with Gasteiger partial charge < -0.3 is 14.7 Å². The normalized spacial score (nSPS) is 18.1. The summed E-state index contributed by atoms with van der Waals surface area (Å²) in [5.41, 5.74) is -0.748. The van der Waals surface area contributed by atoms with Gasteiger partial charge in [0.1, 0.15) is 5.82 Å². The number of hydrogen-bond donors (Lipinski definition) is 1. The number of carbonyl (C=O) groups is 1. The quantitative estimate of drug-likeness (QED) is 0.882. The number of carbonyl (C=O) groups excluding carboxylic acids is 1. The van der Waals surface area contributed by atoms with E-state index in [-0.39, 0.29) is 18.0 Å². The van der Waals surface area contributed by atoms with E-state index in [2.05, 4.69) is 4.98 Å². The number of pyridine rings is 1. The Morgan fingerprint density at radius 1 is 1.53 bits per heavy atom. The fraction of sp³-hybridized carbons (Fsp3) is 0.538. The second kappa shape index (κ2) is 5.63. The number of amides is 1. The summed E-state index contributed by atoms with van der Waals surface area (Å²) >= 11 is 0. The van der Waals surface area contributed by atoms with Crippen molar-refractivity contribution in [1.82, 2.24) is 9.88 Å². The molecule has 0 spiro atoms. The van der Waals surface area contributed by atoms with E-state index in [1.807, 2.05) is 0 Å². The van der Waals surface area contributed by atoms with Crippen LogP contribution in [0.2, 0.25) is 0 Å². The topological polar surface area (TPSA) is 62.7 Å². The van der Waals surface area contributed by atoms with E-state index in [0.717, 1.165) is 12.3 Å². The zero-order valence-electron chi connectivity index (χ0n) is 10.8. The molecule has 0 unspecified atom stereocenters. The number of nitrogens with zero attached hydrogens (tertiary/aromatic N) is 2. The second-order valence-electron chi connectivity index (χ2n) is 4.89. The van der Waals surface area contributed by atoms with Gasteiger partial charge in [-0.3, -0.25) is 9.78 Å².